The molecule has 1 saturated carbocycles. The maximum atomic E-state index is 13.1. The maximum absolute atomic E-state index is 13.1. The summed E-state index contributed by atoms with van der Waals surface area (Å²) in [6, 6.07) is 10.3. The Morgan fingerprint density at radius 1 is 1.11 bits per heavy atom. The summed E-state index contributed by atoms with van der Waals surface area (Å²) in [7, 11) is 0. The van der Waals surface area contributed by atoms with Crippen molar-refractivity contribution in [1.29, 1.82) is 0 Å². The highest BCUT2D eigenvalue weighted by molar-refractivity contribution is 5.95. The second kappa shape index (κ2) is 7.72. The third kappa shape index (κ3) is 3.52. The minimum absolute atomic E-state index is 0.00156. The fourth-order valence-electron chi connectivity index (χ4n) is 4.08. The lowest BCUT2D eigenvalue weighted by Crippen LogP contribution is -2.53. The molecule has 146 valence electrons. The van der Waals surface area contributed by atoms with E-state index in [0.717, 1.165) is 18.4 Å². The Hall–Kier alpha value is -2.73. The molecule has 1 aromatic heterocycles. The SMILES string of the molecule is CC(=O)c1ccc(-c2ccc(C(=O)N3CCOC[C@@H]3[C@@H]3CCCC3=O)o2)cc1. The smallest absolute Gasteiger partial charge is 0.290 e. The van der Waals surface area contributed by atoms with Crippen molar-refractivity contribution in [1.82, 2.24) is 4.90 Å². The van der Waals surface area contributed by atoms with Crippen molar-refractivity contribution in [2.24, 2.45) is 5.92 Å². The van der Waals surface area contributed by atoms with Gasteiger partial charge in [-0.25, -0.2) is 0 Å². The average Bonchev–Trinajstić information content (AvgIpc) is 3.37. The molecule has 6 nitrogen and oxygen atoms in total. The summed E-state index contributed by atoms with van der Waals surface area (Å²) in [5, 5.41) is 0. The second-order valence-electron chi connectivity index (χ2n) is 7.40. The third-order valence-electron chi connectivity index (χ3n) is 5.64. The molecule has 2 aliphatic rings. The van der Waals surface area contributed by atoms with Crippen LogP contribution in [0.2, 0.25) is 0 Å². The van der Waals surface area contributed by atoms with Gasteiger partial charge in [-0.3, -0.25) is 14.4 Å². The van der Waals surface area contributed by atoms with E-state index in [1.807, 2.05) is 0 Å². The number of nitrogens with zero attached hydrogens (tertiary/aromatic N) is 1. The second-order valence-corrected chi connectivity index (χ2v) is 7.40. The lowest BCUT2D eigenvalue weighted by Gasteiger charge is -2.38. The molecule has 6 heteroatoms. The highest BCUT2D eigenvalue weighted by Gasteiger charge is 2.40. The molecule has 1 aliphatic heterocycles. The summed E-state index contributed by atoms with van der Waals surface area (Å²) >= 11 is 0. The normalized spacial score (nSPS) is 22.5. The molecular weight excluding hydrogens is 358 g/mol. The van der Waals surface area contributed by atoms with Gasteiger partial charge in [0.25, 0.3) is 5.91 Å². The number of Topliss-reactive ketones (excluding diaryl/α,β-unsaturated/α-hetero) is 2. The highest BCUT2D eigenvalue weighted by atomic mass is 16.5. The van der Waals surface area contributed by atoms with Gasteiger partial charge in [-0.15, -0.1) is 0 Å². The molecular formula is C22H23NO5. The first-order valence-electron chi connectivity index (χ1n) is 9.67. The Labute approximate surface area is 163 Å². The summed E-state index contributed by atoms with van der Waals surface area (Å²) in [6.07, 6.45) is 2.27. The van der Waals surface area contributed by atoms with Crippen LogP contribution in [0.4, 0.5) is 0 Å². The van der Waals surface area contributed by atoms with Crippen LogP contribution in [-0.4, -0.2) is 48.2 Å². The molecule has 1 saturated heterocycles. The van der Waals surface area contributed by atoms with E-state index in [-0.39, 0.29) is 35.2 Å². The first-order chi connectivity index (χ1) is 13.5. The van der Waals surface area contributed by atoms with Gasteiger partial charge < -0.3 is 14.1 Å². The fourth-order valence-corrected chi connectivity index (χ4v) is 4.08. The van der Waals surface area contributed by atoms with Gasteiger partial charge in [-0.05, 0) is 31.9 Å². The van der Waals surface area contributed by atoms with Crippen LogP contribution in [0.15, 0.2) is 40.8 Å². The Kier molecular flexibility index (Phi) is 5.13. The Morgan fingerprint density at radius 2 is 1.89 bits per heavy atom. The average molecular weight is 381 g/mol. The van der Waals surface area contributed by atoms with E-state index in [0.29, 0.717) is 37.5 Å². The minimum Gasteiger partial charge on any atom is -0.451 e. The van der Waals surface area contributed by atoms with Crippen LogP contribution < -0.4 is 0 Å². The first kappa shape index (κ1) is 18.6. The lowest BCUT2D eigenvalue weighted by molar-refractivity contribution is -0.124. The molecule has 28 heavy (non-hydrogen) atoms. The summed E-state index contributed by atoms with van der Waals surface area (Å²) < 4.78 is 11.4. The predicted molar refractivity (Wildman–Crippen MR) is 102 cm³/mol. The van der Waals surface area contributed by atoms with Gasteiger partial charge >= 0.3 is 0 Å². The van der Waals surface area contributed by atoms with E-state index < -0.39 is 0 Å². The van der Waals surface area contributed by atoms with Crippen molar-refractivity contribution in [2.45, 2.75) is 32.2 Å². The molecule has 4 rings (SSSR count). The summed E-state index contributed by atoms with van der Waals surface area (Å²) in [5.74, 6) is 0.696. The van der Waals surface area contributed by atoms with Crippen LogP contribution in [-0.2, 0) is 9.53 Å². The molecule has 1 aromatic carbocycles. The zero-order chi connectivity index (χ0) is 19.7. The number of amides is 1. The molecule has 0 bridgehead atoms. The topological polar surface area (TPSA) is 76.8 Å². The molecule has 1 aliphatic carbocycles. The third-order valence-corrected chi connectivity index (χ3v) is 5.64. The number of hydrogen-bond acceptors (Lipinski definition) is 5. The molecule has 0 spiro atoms. The Bertz CT molecular complexity index is 898. The Morgan fingerprint density at radius 3 is 2.57 bits per heavy atom. The zero-order valence-corrected chi connectivity index (χ0v) is 15.8. The van der Waals surface area contributed by atoms with E-state index in [9.17, 15) is 14.4 Å². The number of ketones is 2. The Balaban J connectivity index is 1.54. The van der Waals surface area contributed by atoms with Crippen LogP contribution in [0.3, 0.4) is 0 Å². The van der Waals surface area contributed by atoms with Crippen LogP contribution in [0.5, 0.6) is 0 Å². The van der Waals surface area contributed by atoms with Crippen molar-refractivity contribution < 1.29 is 23.5 Å². The summed E-state index contributed by atoms with van der Waals surface area (Å²) in [6.45, 7) is 2.83. The number of ether oxygens (including phenoxy) is 1. The maximum Gasteiger partial charge on any atom is 0.290 e. The number of furan rings is 1. The molecule has 0 N–H and O–H groups in total. The molecule has 2 atom stereocenters. The number of morpholine rings is 1. The summed E-state index contributed by atoms with van der Waals surface area (Å²) in [5.41, 5.74) is 1.43. The van der Waals surface area contributed by atoms with E-state index in [1.165, 1.54) is 6.92 Å². The zero-order valence-electron chi connectivity index (χ0n) is 15.8. The number of benzene rings is 1. The lowest BCUT2D eigenvalue weighted by atomic mass is 9.95. The highest BCUT2D eigenvalue weighted by Crippen LogP contribution is 2.31. The van der Waals surface area contributed by atoms with Crippen LogP contribution in [0.25, 0.3) is 11.3 Å². The van der Waals surface area contributed by atoms with E-state index in [4.69, 9.17) is 9.15 Å². The predicted octanol–water partition coefficient (Wildman–Crippen LogP) is 3.36. The standard InChI is InChI=1S/C22H23NO5/c1-14(24)15-5-7-16(8-6-15)20-9-10-21(28-20)22(26)23-11-12-27-13-18(23)17-3-2-4-19(17)25/h5-10,17-18H,2-4,11-13H2,1H3/t17-,18+/m0/s1. The molecule has 2 fully saturated rings. The minimum atomic E-state index is -0.223. The van der Waals surface area contributed by atoms with Gasteiger partial charge in [0, 0.05) is 30.0 Å². The molecule has 0 radical (unpaired) electrons. The monoisotopic (exact) mass is 381 g/mol. The molecule has 2 heterocycles. The molecule has 2 aromatic rings. The van der Waals surface area contributed by atoms with E-state index >= 15 is 0 Å². The first-order valence-corrected chi connectivity index (χ1v) is 9.67. The van der Waals surface area contributed by atoms with E-state index in [2.05, 4.69) is 0 Å². The van der Waals surface area contributed by atoms with Crippen LogP contribution >= 0.6 is 0 Å². The summed E-state index contributed by atoms with van der Waals surface area (Å²) in [4.78, 5) is 38.4. The van der Waals surface area contributed by atoms with Crippen LogP contribution in [0.1, 0.15) is 47.1 Å². The number of carbonyl (C=O) groups is 3. The fraction of sp³-hybridized carbons (Fsp3) is 0.409. The van der Waals surface area contributed by atoms with E-state index in [1.54, 1.807) is 41.3 Å². The number of carbonyl (C=O) groups excluding carboxylic acids is 3. The van der Waals surface area contributed by atoms with Crippen LogP contribution in [0, 0.1) is 5.92 Å². The molecule has 1 amide bonds. The van der Waals surface area contributed by atoms with Crippen molar-refractivity contribution >= 4 is 17.5 Å². The number of rotatable bonds is 4. The van der Waals surface area contributed by atoms with Crippen molar-refractivity contribution in [3.05, 3.63) is 47.7 Å². The van der Waals surface area contributed by atoms with Crippen molar-refractivity contribution in [2.75, 3.05) is 19.8 Å². The van der Waals surface area contributed by atoms with Gasteiger partial charge in [-0.1, -0.05) is 24.3 Å². The van der Waals surface area contributed by atoms with Crippen molar-refractivity contribution in [3.63, 3.8) is 0 Å². The van der Waals surface area contributed by atoms with Gasteiger partial charge in [0.1, 0.15) is 11.5 Å². The largest absolute Gasteiger partial charge is 0.451 e. The quantitative estimate of drug-likeness (QED) is 0.759. The van der Waals surface area contributed by atoms with Gasteiger partial charge in [0.2, 0.25) is 0 Å². The van der Waals surface area contributed by atoms with Gasteiger partial charge in [0.05, 0.1) is 19.3 Å². The van der Waals surface area contributed by atoms with Gasteiger partial charge in [-0.2, -0.15) is 0 Å². The van der Waals surface area contributed by atoms with Gasteiger partial charge in [0.15, 0.2) is 11.5 Å². The van der Waals surface area contributed by atoms with Crippen molar-refractivity contribution in [3.8, 4) is 11.3 Å². The molecule has 0 unspecified atom stereocenters. The number of hydrogen-bond donors (Lipinski definition) is 0.